The Labute approximate surface area is 89.9 Å². The Balaban J connectivity index is 1.89. The van der Waals surface area contributed by atoms with Gasteiger partial charge in [-0.15, -0.1) is 11.3 Å². The molecule has 0 amide bonds. The smallest absolute Gasteiger partial charge is 0.0328 e. The van der Waals surface area contributed by atoms with E-state index in [1.165, 1.54) is 35.8 Å². The van der Waals surface area contributed by atoms with Crippen molar-refractivity contribution in [1.82, 2.24) is 10.2 Å². The minimum absolute atomic E-state index is 1.14. The maximum Gasteiger partial charge on any atom is 0.0328 e. The predicted octanol–water partition coefficient (Wildman–Crippen LogP) is 1.85. The van der Waals surface area contributed by atoms with Crippen molar-refractivity contribution in [2.24, 2.45) is 0 Å². The summed E-state index contributed by atoms with van der Waals surface area (Å²) in [5.41, 5.74) is 0. The average Bonchev–Trinajstić information content (AvgIpc) is 2.43. The molecule has 0 aliphatic carbocycles. The highest BCUT2D eigenvalue weighted by molar-refractivity contribution is 7.11. The molecule has 1 saturated heterocycles. The van der Waals surface area contributed by atoms with E-state index in [9.17, 15) is 0 Å². The van der Waals surface area contributed by atoms with Crippen LogP contribution in [0.2, 0.25) is 0 Å². The molecular weight excluding hydrogens is 192 g/mol. The molecule has 0 unspecified atom stereocenters. The van der Waals surface area contributed by atoms with E-state index < -0.39 is 0 Å². The van der Waals surface area contributed by atoms with E-state index >= 15 is 0 Å². The lowest BCUT2D eigenvalue weighted by Gasteiger charge is -2.17. The molecule has 2 nitrogen and oxygen atoms in total. The molecule has 1 aromatic heterocycles. The maximum absolute atomic E-state index is 3.43. The van der Waals surface area contributed by atoms with Crippen molar-refractivity contribution in [2.75, 3.05) is 26.2 Å². The van der Waals surface area contributed by atoms with Crippen molar-refractivity contribution in [2.45, 2.75) is 19.9 Å². The molecule has 0 saturated carbocycles. The number of hydrogen-bond donors (Lipinski definition) is 1. The summed E-state index contributed by atoms with van der Waals surface area (Å²) in [5.74, 6) is 0. The Kier molecular flexibility index (Phi) is 3.56. The Morgan fingerprint density at radius 1 is 1.36 bits per heavy atom. The van der Waals surface area contributed by atoms with Crippen molar-refractivity contribution in [3.8, 4) is 0 Å². The third kappa shape index (κ3) is 2.80. The van der Waals surface area contributed by atoms with E-state index in [1.807, 2.05) is 11.3 Å². The standard InChI is InChI=1S/C11H18N2S/c1-10-3-4-11(14-10)9-13-7-2-5-12-6-8-13/h3-4,12H,2,5-9H2,1H3. The van der Waals surface area contributed by atoms with Crippen LogP contribution in [0.25, 0.3) is 0 Å². The van der Waals surface area contributed by atoms with Gasteiger partial charge < -0.3 is 5.32 Å². The highest BCUT2D eigenvalue weighted by Crippen LogP contribution is 2.17. The summed E-state index contributed by atoms with van der Waals surface area (Å²) in [5, 5.41) is 3.43. The third-order valence-corrected chi connectivity index (χ3v) is 3.59. The molecule has 0 spiro atoms. The van der Waals surface area contributed by atoms with Gasteiger partial charge in [0.1, 0.15) is 0 Å². The summed E-state index contributed by atoms with van der Waals surface area (Å²) in [7, 11) is 0. The molecule has 2 heterocycles. The van der Waals surface area contributed by atoms with Crippen LogP contribution in [0.1, 0.15) is 16.2 Å². The summed E-state index contributed by atoms with van der Waals surface area (Å²) >= 11 is 1.93. The van der Waals surface area contributed by atoms with Gasteiger partial charge in [-0.25, -0.2) is 0 Å². The van der Waals surface area contributed by atoms with Crippen LogP contribution in [0, 0.1) is 6.92 Å². The highest BCUT2D eigenvalue weighted by atomic mass is 32.1. The Hall–Kier alpha value is -0.380. The Morgan fingerprint density at radius 3 is 3.07 bits per heavy atom. The molecule has 0 bridgehead atoms. The lowest BCUT2D eigenvalue weighted by molar-refractivity contribution is 0.287. The quantitative estimate of drug-likeness (QED) is 0.801. The second-order valence-electron chi connectivity index (χ2n) is 3.89. The maximum atomic E-state index is 3.43. The molecule has 0 aromatic carbocycles. The van der Waals surface area contributed by atoms with Gasteiger partial charge in [-0.2, -0.15) is 0 Å². The Bertz CT molecular complexity index is 275. The monoisotopic (exact) mass is 210 g/mol. The van der Waals surface area contributed by atoms with Crippen molar-refractivity contribution in [1.29, 1.82) is 0 Å². The van der Waals surface area contributed by atoms with Gasteiger partial charge in [0.15, 0.2) is 0 Å². The van der Waals surface area contributed by atoms with Gasteiger partial charge in [-0.3, -0.25) is 4.90 Å². The molecular formula is C11H18N2S. The summed E-state index contributed by atoms with van der Waals surface area (Å²) in [6.45, 7) is 8.07. The molecule has 14 heavy (non-hydrogen) atoms. The molecule has 0 atom stereocenters. The molecule has 2 rings (SSSR count). The van der Waals surface area contributed by atoms with E-state index in [1.54, 1.807) is 0 Å². The minimum Gasteiger partial charge on any atom is -0.315 e. The van der Waals surface area contributed by atoms with Crippen LogP contribution in [-0.2, 0) is 6.54 Å². The van der Waals surface area contributed by atoms with E-state index in [2.05, 4.69) is 29.3 Å². The molecule has 0 radical (unpaired) electrons. The zero-order chi connectivity index (χ0) is 9.80. The lowest BCUT2D eigenvalue weighted by atomic mass is 10.3. The van der Waals surface area contributed by atoms with E-state index in [0.717, 1.165) is 13.1 Å². The van der Waals surface area contributed by atoms with Gasteiger partial charge in [0.05, 0.1) is 0 Å². The van der Waals surface area contributed by atoms with Crippen LogP contribution in [0.3, 0.4) is 0 Å². The molecule has 78 valence electrons. The summed E-state index contributed by atoms with van der Waals surface area (Å²) in [6, 6.07) is 4.48. The average molecular weight is 210 g/mol. The van der Waals surface area contributed by atoms with Crippen molar-refractivity contribution in [3.63, 3.8) is 0 Å². The van der Waals surface area contributed by atoms with E-state index in [-0.39, 0.29) is 0 Å². The normalized spacial score (nSPS) is 19.5. The van der Waals surface area contributed by atoms with Gasteiger partial charge in [-0.05, 0) is 38.6 Å². The number of nitrogens with zero attached hydrogens (tertiary/aromatic N) is 1. The van der Waals surface area contributed by atoms with E-state index in [0.29, 0.717) is 0 Å². The fourth-order valence-electron chi connectivity index (χ4n) is 1.85. The summed E-state index contributed by atoms with van der Waals surface area (Å²) in [6.07, 6.45) is 1.28. The second kappa shape index (κ2) is 4.91. The lowest BCUT2D eigenvalue weighted by Crippen LogP contribution is -2.27. The third-order valence-electron chi connectivity index (χ3n) is 2.61. The first-order valence-electron chi connectivity index (χ1n) is 5.33. The minimum atomic E-state index is 1.14. The number of hydrogen-bond acceptors (Lipinski definition) is 3. The SMILES string of the molecule is Cc1ccc(CN2CCCNCC2)s1. The number of aryl methyl sites for hydroxylation is 1. The zero-order valence-corrected chi connectivity index (χ0v) is 9.57. The number of rotatable bonds is 2. The topological polar surface area (TPSA) is 15.3 Å². The van der Waals surface area contributed by atoms with Gasteiger partial charge in [0, 0.05) is 29.4 Å². The van der Waals surface area contributed by atoms with Gasteiger partial charge in [-0.1, -0.05) is 0 Å². The molecule has 1 aliphatic rings. The largest absolute Gasteiger partial charge is 0.315 e. The van der Waals surface area contributed by atoms with Gasteiger partial charge >= 0.3 is 0 Å². The fourth-order valence-corrected chi connectivity index (χ4v) is 2.78. The van der Waals surface area contributed by atoms with Crippen LogP contribution in [0.15, 0.2) is 12.1 Å². The molecule has 1 aliphatic heterocycles. The molecule has 1 fully saturated rings. The second-order valence-corrected chi connectivity index (χ2v) is 5.26. The first-order valence-corrected chi connectivity index (χ1v) is 6.14. The van der Waals surface area contributed by atoms with Crippen molar-refractivity contribution >= 4 is 11.3 Å². The van der Waals surface area contributed by atoms with Gasteiger partial charge in [0.25, 0.3) is 0 Å². The predicted molar refractivity (Wildman–Crippen MR) is 61.8 cm³/mol. The number of thiophene rings is 1. The summed E-state index contributed by atoms with van der Waals surface area (Å²) < 4.78 is 0. The van der Waals surface area contributed by atoms with Crippen LogP contribution in [0.4, 0.5) is 0 Å². The van der Waals surface area contributed by atoms with E-state index in [4.69, 9.17) is 0 Å². The molecule has 1 aromatic rings. The van der Waals surface area contributed by atoms with Crippen molar-refractivity contribution in [3.05, 3.63) is 21.9 Å². The van der Waals surface area contributed by atoms with Crippen LogP contribution in [0.5, 0.6) is 0 Å². The first-order chi connectivity index (χ1) is 6.84. The highest BCUT2D eigenvalue weighted by Gasteiger charge is 2.09. The fraction of sp³-hybridized carbons (Fsp3) is 0.636. The van der Waals surface area contributed by atoms with Crippen LogP contribution >= 0.6 is 11.3 Å². The van der Waals surface area contributed by atoms with Gasteiger partial charge in [0.2, 0.25) is 0 Å². The Morgan fingerprint density at radius 2 is 2.29 bits per heavy atom. The van der Waals surface area contributed by atoms with Crippen LogP contribution in [-0.4, -0.2) is 31.1 Å². The van der Waals surface area contributed by atoms with Crippen molar-refractivity contribution < 1.29 is 0 Å². The summed E-state index contributed by atoms with van der Waals surface area (Å²) in [4.78, 5) is 5.47. The zero-order valence-electron chi connectivity index (χ0n) is 8.75. The molecule has 1 N–H and O–H groups in total. The van der Waals surface area contributed by atoms with Crippen LogP contribution < -0.4 is 5.32 Å². The molecule has 3 heteroatoms. The number of nitrogens with one attached hydrogen (secondary N) is 1. The first kappa shape index (κ1) is 10.1.